The molecule has 1 saturated carbocycles. The number of benzene rings is 2. The zero-order valence-electron chi connectivity index (χ0n) is 18.4. The van der Waals surface area contributed by atoms with E-state index in [9.17, 15) is 9.18 Å². The van der Waals surface area contributed by atoms with Crippen LogP contribution in [0.1, 0.15) is 25.3 Å². The molecule has 1 aliphatic heterocycles. The van der Waals surface area contributed by atoms with Gasteiger partial charge in [0.05, 0.1) is 21.8 Å². The van der Waals surface area contributed by atoms with Crippen molar-refractivity contribution in [3.8, 4) is 0 Å². The van der Waals surface area contributed by atoms with Crippen molar-refractivity contribution >= 4 is 40.0 Å². The van der Waals surface area contributed by atoms with E-state index in [4.69, 9.17) is 17.3 Å². The Morgan fingerprint density at radius 3 is 2.85 bits per heavy atom. The average molecular weight is 469 g/mol. The molecule has 2 aromatic carbocycles. The second-order valence-corrected chi connectivity index (χ2v) is 9.53. The first-order valence-corrected chi connectivity index (χ1v) is 11.5. The number of rotatable bonds is 5. The monoisotopic (exact) mass is 468 g/mol. The van der Waals surface area contributed by atoms with Crippen LogP contribution < -0.4 is 11.1 Å². The Labute approximate surface area is 196 Å². The molecule has 2 heterocycles. The first-order chi connectivity index (χ1) is 15.8. The quantitative estimate of drug-likeness (QED) is 0.576. The second-order valence-electron chi connectivity index (χ2n) is 9.12. The van der Waals surface area contributed by atoms with Crippen molar-refractivity contribution in [3.05, 3.63) is 59.1 Å². The van der Waals surface area contributed by atoms with Crippen LogP contribution in [0.2, 0.25) is 5.02 Å². The zero-order valence-corrected chi connectivity index (χ0v) is 19.1. The molecule has 1 aromatic heterocycles. The molecule has 5 rings (SSSR count). The third-order valence-corrected chi connectivity index (χ3v) is 7.00. The van der Waals surface area contributed by atoms with Gasteiger partial charge >= 0.3 is 6.03 Å². The van der Waals surface area contributed by atoms with Gasteiger partial charge in [0.2, 0.25) is 0 Å². The number of hydrogen-bond donors (Lipinski definition) is 2. The highest BCUT2D eigenvalue weighted by Crippen LogP contribution is 2.37. The number of halogens is 2. The van der Waals surface area contributed by atoms with Crippen molar-refractivity contribution in [2.24, 2.45) is 11.7 Å². The Balaban J connectivity index is 1.54. The fraction of sp³-hybridized carbons (Fsp3) is 0.375. The number of hydrogen-bond acceptors (Lipinski definition) is 5. The van der Waals surface area contributed by atoms with Gasteiger partial charge in [0.25, 0.3) is 0 Å². The third-order valence-electron chi connectivity index (χ3n) is 6.71. The van der Waals surface area contributed by atoms with E-state index in [0.717, 1.165) is 30.0 Å². The Morgan fingerprint density at radius 2 is 2.09 bits per heavy atom. The minimum absolute atomic E-state index is 0.0293. The summed E-state index contributed by atoms with van der Waals surface area (Å²) in [4.78, 5) is 25.2. The van der Waals surface area contributed by atoms with Gasteiger partial charge in [-0.15, -0.1) is 0 Å². The molecule has 9 heteroatoms. The molecule has 0 bridgehead atoms. The van der Waals surface area contributed by atoms with Crippen LogP contribution in [0.3, 0.4) is 0 Å². The number of aromatic nitrogens is 2. The molecule has 3 aromatic rings. The Bertz CT molecular complexity index is 1220. The molecule has 1 atom stereocenters. The molecule has 2 fully saturated rings. The van der Waals surface area contributed by atoms with Crippen LogP contribution in [0.15, 0.2) is 42.7 Å². The molecule has 2 aliphatic rings. The van der Waals surface area contributed by atoms with E-state index < -0.39 is 17.4 Å². The number of fused-ring (bicyclic) bond motifs is 1. The molecule has 1 aliphatic carbocycles. The summed E-state index contributed by atoms with van der Waals surface area (Å²) >= 11 is 5.94. The highest BCUT2D eigenvalue weighted by molar-refractivity contribution is 6.31. The van der Waals surface area contributed by atoms with E-state index in [0.29, 0.717) is 24.4 Å². The molecular formula is C24H26ClFN6O. The third kappa shape index (κ3) is 4.20. The lowest BCUT2D eigenvalue weighted by molar-refractivity contribution is 0.0343. The molecule has 172 valence electrons. The Kier molecular flexibility index (Phi) is 5.58. The van der Waals surface area contributed by atoms with E-state index in [1.165, 1.54) is 25.2 Å². The standard InChI is InChI=1S/C24H26ClFN6O/c1-24(13-31(12-15-5-6-15)9-10-32(24)23(27)33)16-7-8-19-17(11-16)22(29-14-28-19)30-20-4-2-3-18(25)21(20)26/h2-4,7-8,11,14-15H,5-6,9-10,12-13H2,1H3,(H2,27,33)(H,28,29,30)/t24-/m0/s1. The number of urea groups is 1. The number of piperazine rings is 1. The molecular weight excluding hydrogens is 443 g/mol. The summed E-state index contributed by atoms with van der Waals surface area (Å²) in [5.74, 6) is 0.669. The maximum atomic E-state index is 14.5. The normalized spacial score (nSPS) is 21.4. The van der Waals surface area contributed by atoms with Crippen LogP contribution in [0, 0.1) is 11.7 Å². The summed E-state index contributed by atoms with van der Waals surface area (Å²) < 4.78 is 14.5. The fourth-order valence-electron chi connectivity index (χ4n) is 4.73. The topological polar surface area (TPSA) is 87.4 Å². The van der Waals surface area contributed by atoms with Gasteiger partial charge in [-0.2, -0.15) is 0 Å². The van der Waals surface area contributed by atoms with E-state index >= 15 is 0 Å². The van der Waals surface area contributed by atoms with Crippen molar-refractivity contribution in [1.82, 2.24) is 19.8 Å². The predicted octanol–water partition coefficient (Wildman–Crippen LogP) is 4.49. The number of nitrogens with two attached hydrogens (primary N) is 1. The summed E-state index contributed by atoms with van der Waals surface area (Å²) in [5.41, 5.74) is 7.05. The van der Waals surface area contributed by atoms with Gasteiger partial charge in [0.1, 0.15) is 12.1 Å². The Hall–Kier alpha value is -2.97. The number of anilines is 2. The van der Waals surface area contributed by atoms with Gasteiger partial charge in [0.15, 0.2) is 5.82 Å². The molecule has 33 heavy (non-hydrogen) atoms. The van der Waals surface area contributed by atoms with Crippen LogP contribution >= 0.6 is 11.6 Å². The Morgan fingerprint density at radius 1 is 1.27 bits per heavy atom. The number of carbonyl (C=O) groups is 1. The lowest BCUT2D eigenvalue weighted by atomic mass is 9.86. The van der Waals surface area contributed by atoms with Gasteiger partial charge in [-0.3, -0.25) is 4.90 Å². The SMILES string of the molecule is C[C@@]1(c2ccc3ncnc(Nc4cccc(Cl)c4F)c3c2)CN(CC2CC2)CCN1C(N)=O. The predicted molar refractivity (Wildman–Crippen MR) is 127 cm³/mol. The molecule has 0 spiro atoms. The highest BCUT2D eigenvalue weighted by Gasteiger charge is 2.42. The number of nitrogens with one attached hydrogen (secondary N) is 1. The number of nitrogens with zero attached hydrogens (tertiary/aromatic N) is 4. The molecule has 0 unspecified atom stereocenters. The minimum atomic E-state index is -0.610. The van der Waals surface area contributed by atoms with E-state index in [1.807, 2.05) is 25.1 Å². The van der Waals surface area contributed by atoms with Gasteiger partial charge in [0, 0.05) is 31.6 Å². The molecule has 3 N–H and O–H groups in total. The van der Waals surface area contributed by atoms with Crippen LogP contribution in [-0.4, -0.2) is 52.0 Å². The molecule has 7 nitrogen and oxygen atoms in total. The van der Waals surface area contributed by atoms with Crippen LogP contribution in [0.4, 0.5) is 20.7 Å². The molecule has 0 radical (unpaired) electrons. The second kappa shape index (κ2) is 8.43. The van der Waals surface area contributed by atoms with Crippen LogP contribution in [0.25, 0.3) is 10.9 Å². The van der Waals surface area contributed by atoms with E-state index in [2.05, 4.69) is 20.2 Å². The summed E-state index contributed by atoms with van der Waals surface area (Å²) in [7, 11) is 0. The zero-order chi connectivity index (χ0) is 23.2. The first-order valence-electron chi connectivity index (χ1n) is 11.1. The van der Waals surface area contributed by atoms with Crippen molar-refractivity contribution < 1.29 is 9.18 Å². The lowest BCUT2D eigenvalue weighted by Gasteiger charge is -2.48. The fourth-order valence-corrected chi connectivity index (χ4v) is 4.90. The lowest BCUT2D eigenvalue weighted by Crippen LogP contribution is -2.62. The van der Waals surface area contributed by atoms with Crippen LogP contribution in [0.5, 0.6) is 0 Å². The van der Waals surface area contributed by atoms with Gasteiger partial charge in [-0.25, -0.2) is 19.2 Å². The first kappa shape index (κ1) is 21.9. The van der Waals surface area contributed by atoms with Crippen molar-refractivity contribution in [2.45, 2.75) is 25.3 Å². The van der Waals surface area contributed by atoms with Crippen molar-refractivity contribution in [3.63, 3.8) is 0 Å². The van der Waals surface area contributed by atoms with Crippen LogP contribution in [-0.2, 0) is 5.54 Å². The summed E-state index contributed by atoms with van der Waals surface area (Å²) in [6, 6.07) is 10.2. The van der Waals surface area contributed by atoms with Gasteiger partial charge < -0.3 is 16.0 Å². The number of amides is 2. The summed E-state index contributed by atoms with van der Waals surface area (Å²) in [6.45, 7) is 5.16. The number of carbonyl (C=O) groups excluding carboxylic acids is 1. The van der Waals surface area contributed by atoms with Gasteiger partial charge in [-0.1, -0.05) is 23.7 Å². The minimum Gasteiger partial charge on any atom is -0.351 e. The largest absolute Gasteiger partial charge is 0.351 e. The highest BCUT2D eigenvalue weighted by atomic mass is 35.5. The maximum absolute atomic E-state index is 14.5. The van der Waals surface area contributed by atoms with E-state index in [-0.39, 0.29) is 10.7 Å². The summed E-state index contributed by atoms with van der Waals surface area (Å²) in [6.07, 6.45) is 3.98. The molecule has 1 saturated heterocycles. The van der Waals surface area contributed by atoms with Gasteiger partial charge in [-0.05, 0) is 55.5 Å². The average Bonchev–Trinajstić information content (AvgIpc) is 3.60. The smallest absolute Gasteiger partial charge is 0.315 e. The van der Waals surface area contributed by atoms with Crippen molar-refractivity contribution in [2.75, 3.05) is 31.5 Å². The number of primary amides is 1. The van der Waals surface area contributed by atoms with Crippen molar-refractivity contribution in [1.29, 1.82) is 0 Å². The maximum Gasteiger partial charge on any atom is 0.315 e. The summed E-state index contributed by atoms with van der Waals surface area (Å²) in [5, 5.41) is 3.80. The van der Waals surface area contributed by atoms with E-state index in [1.54, 1.807) is 17.0 Å². The molecule has 2 amide bonds.